The molecule has 1 aromatic carbocycles. The van der Waals surface area contributed by atoms with Crippen LogP contribution in [0.2, 0.25) is 5.02 Å². The molecule has 20 heavy (non-hydrogen) atoms. The predicted molar refractivity (Wildman–Crippen MR) is 78.3 cm³/mol. The number of carbonyl (C=O) groups is 1. The highest BCUT2D eigenvalue weighted by Crippen LogP contribution is 2.35. The summed E-state index contributed by atoms with van der Waals surface area (Å²) in [6.07, 6.45) is 0. The molecule has 0 radical (unpaired) electrons. The lowest BCUT2D eigenvalue weighted by Crippen LogP contribution is -2.56. The van der Waals surface area contributed by atoms with Crippen LogP contribution in [0.4, 0.5) is 0 Å². The van der Waals surface area contributed by atoms with Gasteiger partial charge < -0.3 is 20.6 Å². The average Bonchev–Trinajstić information content (AvgIpc) is 2.83. The summed E-state index contributed by atoms with van der Waals surface area (Å²) in [5, 5.41) is 31.2. The number of rotatable bonds is 5. The first-order valence-electron chi connectivity index (χ1n) is 5.89. The fourth-order valence-electron chi connectivity index (χ4n) is 1.73. The van der Waals surface area contributed by atoms with Crippen molar-refractivity contribution < 1.29 is 20.1 Å². The Morgan fingerprint density at radius 3 is 2.35 bits per heavy atom. The van der Waals surface area contributed by atoms with Crippen LogP contribution in [0, 0.1) is 0 Å². The third-order valence-electron chi connectivity index (χ3n) is 3.03. The van der Waals surface area contributed by atoms with Gasteiger partial charge in [-0.1, -0.05) is 29.8 Å². The van der Waals surface area contributed by atoms with Crippen molar-refractivity contribution in [2.75, 3.05) is 19.8 Å². The largest absolute Gasteiger partial charge is 0.394 e. The van der Waals surface area contributed by atoms with Gasteiger partial charge in [-0.2, -0.15) is 0 Å². The molecule has 5 nitrogen and oxygen atoms in total. The standard InChI is InChI=1S/C13H14ClNO4S/c14-10-8-3-1-2-4-9(8)20-11(10)12(19)15-13(5-16,6-17)7-18/h1-4,16-18H,5-7H2,(H,15,19). The van der Waals surface area contributed by atoms with Gasteiger partial charge in [-0.05, 0) is 6.07 Å². The number of nitrogens with one attached hydrogen (secondary N) is 1. The van der Waals surface area contributed by atoms with E-state index in [1.165, 1.54) is 11.3 Å². The average molecular weight is 316 g/mol. The Labute approximate surface area is 124 Å². The number of amides is 1. The van der Waals surface area contributed by atoms with Crippen molar-refractivity contribution in [3.05, 3.63) is 34.2 Å². The van der Waals surface area contributed by atoms with Crippen molar-refractivity contribution in [1.29, 1.82) is 0 Å². The number of aliphatic hydroxyl groups is 3. The second kappa shape index (κ2) is 6.07. The zero-order chi connectivity index (χ0) is 14.8. The van der Waals surface area contributed by atoms with Gasteiger partial charge in [-0.3, -0.25) is 4.79 Å². The minimum atomic E-state index is -1.46. The van der Waals surface area contributed by atoms with Crippen LogP contribution in [-0.4, -0.2) is 46.6 Å². The Balaban J connectivity index is 2.34. The molecule has 0 saturated carbocycles. The van der Waals surface area contributed by atoms with Gasteiger partial charge in [-0.15, -0.1) is 11.3 Å². The molecule has 0 aliphatic heterocycles. The van der Waals surface area contributed by atoms with Crippen molar-refractivity contribution in [1.82, 2.24) is 5.32 Å². The van der Waals surface area contributed by atoms with E-state index in [9.17, 15) is 20.1 Å². The van der Waals surface area contributed by atoms with Crippen LogP contribution in [-0.2, 0) is 0 Å². The molecule has 1 heterocycles. The lowest BCUT2D eigenvalue weighted by molar-refractivity contribution is 0.0377. The van der Waals surface area contributed by atoms with E-state index in [0.29, 0.717) is 5.02 Å². The van der Waals surface area contributed by atoms with E-state index in [1.54, 1.807) is 0 Å². The lowest BCUT2D eigenvalue weighted by atomic mass is 10.0. The maximum Gasteiger partial charge on any atom is 0.263 e. The molecule has 108 valence electrons. The molecular weight excluding hydrogens is 302 g/mol. The third-order valence-corrected chi connectivity index (χ3v) is 4.70. The summed E-state index contributed by atoms with van der Waals surface area (Å²) in [6, 6.07) is 7.32. The highest BCUT2D eigenvalue weighted by atomic mass is 35.5. The molecular formula is C13H14ClNO4S. The second-order valence-corrected chi connectivity index (χ2v) is 5.88. The van der Waals surface area contributed by atoms with E-state index in [4.69, 9.17) is 11.6 Å². The number of fused-ring (bicyclic) bond motifs is 1. The Hall–Kier alpha value is -1.18. The summed E-state index contributed by atoms with van der Waals surface area (Å²) in [7, 11) is 0. The zero-order valence-corrected chi connectivity index (χ0v) is 12.0. The molecule has 0 bridgehead atoms. The van der Waals surface area contributed by atoms with Crippen molar-refractivity contribution in [3.8, 4) is 0 Å². The topological polar surface area (TPSA) is 89.8 Å². The number of thiophene rings is 1. The molecule has 0 saturated heterocycles. The van der Waals surface area contributed by atoms with Crippen molar-refractivity contribution in [2.45, 2.75) is 5.54 Å². The normalized spacial score (nSPS) is 11.8. The molecule has 0 unspecified atom stereocenters. The Morgan fingerprint density at radius 2 is 1.80 bits per heavy atom. The molecule has 0 aliphatic carbocycles. The van der Waals surface area contributed by atoms with Gasteiger partial charge in [0.15, 0.2) is 0 Å². The fraction of sp³-hybridized carbons (Fsp3) is 0.308. The van der Waals surface area contributed by atoms with Gasteiger partial charge in [-0.25, -0.2) is 0 Å². The maximum absolute atomic E-state index is 12.2. The van der Waals surface area contributed by atoms with Gasteiger partial charge in [0.25, 0.3) is 5.91 Å². The Morgan fingerprint density at radius 1 is 1.20 bits per heavy atom. The molecule has 0 atom stereocenters. The molecule has 2 rings (SSSR count). The van der Waals surface area contributed by atoms with Crippen LogP contribution in [0.5, 0.6) is 0 Å². The Kier molecular flexibility index (Phi) is 4.62. The molecule has 4 N–H and O–H groups in total. The highest BCUT2D eigenvalue weighted by Gasteiger charge is 2.31. The number of carbonyl (C=O) groups excluding carboxylic acids is 1. The van der Waals surface area contributed by atoms with Gasteiger partial charge in [0, 0.05) is 10.1 Å². The van der Waals surface area contributed by atoms with E-state index >= 15 is 0 Å². The summed E-state index contributed by atoms with van der Waals surface area (Å²) in [6.45, 7) is -1.73. The van der Waals surface area contributed by atoms with Gasteiger partial charge in [0.2, 0.25) is 0 Å². The second-order valence-electron chi connectivity index (χ2n) is 4.45. The maximum atomic E-state index is 12.2. The monoisotopic (exact) mass is 315 g/mol. The number of aliphatic hydroxyl groups excluding tert-OH is 3. The third kappa shape index (κ3) is 2.65. The number of halogens is 1. The first-order valence-corrected chi connectivity index (χ1v) is 7.08. The fourth-order valence-corrected chi connectivity index (χ4v) is 3.14. The first-order chi connectivity index (χ1) is 9.56. The zero-order valence-electron chi connectivity index (χ0n) is 10.5. The first kappa shape index (κ1) is 15.2. The van der Waals surface area contributed by atoms with E-state index in [-0.39, 0.29) is 4.88 Å². The van der Waals surface area contributed by atoms with Crippen LogP contribution in [0.1, 0.15) is 9.67 Å². The molecule has 0 aliphatic rings. The molecule has 0 fully saturated rings. The van der Waals surface area contributed by atoms with Crippen molar-refractivity contribution >= 4 is 38.9 Å². The SMILES string of the molecule is O=C(NC(CO)(CO)CO)c1sc2ccccc2c1Cl. The highest BCUT2D eigenvalue weighted by molar-refractivity contribution is 7.21. The smallest absolute Gasteiger partial charge is 0.263 e. The van der Waals surface area contributed by atoms with Crippen molar-refractivity contribution in [2.24, 2.45) is 0 Å². The summed E-state index contributed by atoms with van der Waals surface area (Å²) >= 11 is 7.39. The quantitative estimate of drug-likeness (QED) is 0.662. The number of hydrogen-bond acceptors (Lipinski definition) is 5. The summed E-state index contributed by atoms with van der Waals surface area (Å²) < 4.78 is 0.866. The van der Waals surface area contributed by atoms with E-state index in [0.717, 1.165) is 10.1 Å². The molecule has 1 aromatic heterocycles. The van der Waals surface area contributed by atoms with Crippen LogP contribution >= 0.6 is 22.9 Å². The minimum Gasteiger partial charge on any atom is -0.394 e. The van der Waals surface area contributed by atoms with Gasteiger partial charge in [0.1, 0.15) is 10.4 Å². The van der Waals surface area contributed by atoms with Crippen LogP contribution in [0.25, 0.3) is 10.1 Å². The van der Waals surface area contributed by atoms with E-state index in [2.05, 4.69) is 5.32 Å². The molecule has 2 aromatic rings. The van der Waals surface area contributed by atoms with E-state index in [1.807, 2.05) is 24.3 Å². The summed E-state index contributed by atoms with van der Waals surface area (Å²) in [5.41, 5.74) is -1.46. The van der Waals surface area contributed by atoms with Gasteiger partial charge in [0.05, 0.1) is 24.8 Å². The lowest BCUT2D eigenvalue weighted by Gasteiger charge is -2.28. The predicted octanol–water partition coefficient (Wildman–Crippen LogP) is 1.00. The van der Waals surface area contributed by atoms with Gasteiger partial charge >= 0.3 is 0 Å². The van der Waals surface area contributed by atoms with Crippen LogP contribution in [0.3, 0.4) is 0 Å². The summed E-state index contributed by atoms with van der Waals surface area (Å²) in [5.74, 6) is -0.534. The number of hydrogen-bond donors (Lipinski definition) is 4. The van der Waals surface area contributed by atoms with Crippen molar-refractivity contribution in [3.63, 3.8) is 0 Å². The van der Waals surface area contributed by atoms with Crippen LogP contribution in [0.15, 0.2) is 24.3 Å². The molecule has 7 heteroatoms. The Bertz CT molecular complexity index is 616. The summed E-state index contributed by atoms with van der Waals surface area (Å²) in [4.78, 5) is 12.5. The molecule has 0 spiro atoms. The van der Waals surface area contributed by atoms with Crippen LogP contribution < -0.4 is 5.32 Å². The minimum absolute atomic E-state index is 0.285. The molecule has 1 amide bonds. The van der Waals surface area contributed by atoms with E-state index < -0.39 is 31.3 Å². The number of benzene rings is 1.